The van der Waals surface area contributed by atoms with Crippen LogP contribution in [-0.4, -0.2) is 27.0 Å². The minimum absolute atomic E-state index is 0.225. The fourth-order valence-electron chi connectivity index (χ4n) is 3.74. The number of aromatic nitrogens is 1. The van der Waals surface area contributed by atoms with Crippen LogP contribution in [0.2, 0.25) is 0 Å². The standard InChI is InChI=1S/C22H18NO6/c1-12(24)29-21-16-10-23-5-4-13-7-18-19(28-11-27-18)9-15(13)17(23)6-14(16)8-20(25-2)22(21)26-3/h4-10H,11H2,1-3H3/q+1. The average molecular weight is 392 g/mol. The van der Waals surface area contributed by atoms with Gasteiger partial charge in [-0.2, -0.15) is 4.40 Å². The fourth-order valence-corrected chi connectivity index (χ4v) is 3.74. The summed E-state index contributed by atoms with van der Waals surface area (Å²) in [6, 6.07) is 9.84. The molecule has 0 amide bonds. The van der Waals surface area contributed by atoms with E-state index in [9.17, 15) is 4.79 Å². The summed E-state index contributed by atoms with van der Waals surface area (Å²) in [4.78, 5) is 11.7. The van der Waals surface area contributed by atoms with E-state index in [0.717, 1.165) is 38.6 Å². The smallest absolute Gasteiger partial charge is 0.308 e. The molecule has 3 heterocycles. The van der Waals surface area contributed by atoms with Gasteiger partial charge in [0.2, 0.25) is 18.1 Å². The largest absolute Gasteiger partial charge is 0.493 e. The van der Waals surface area contributed by atoms with Gasteiger partial charge in [-0.05, 0) is 23.6 Å². The molecule has 7 heteroatoms. The first-order valence-electron chi connectivity index (χ1n) is 9.03. The zero-order valence-corrected chi connectivity index (χ0v) is 16.1. The first-order chi connectivity index (χ1) is 14.1. The van der Waals surface area contributed by atoms with E-state index in [0.29, 0.717) is 17.2 Å². The summed E-state index contributed by atoms with van der Waals surface area (Å²) < 4.78 is 29.4. The molecular formula is C22H18NO6+. The van der Waals surface area contributed by atoms with Crippen molar-refractivity contribution in [3.05, 3.63) is 42.7 Å². The molecule has 146 valence electrons. The molecule has 0 unspecified atom stereocenters. The van der Waals surface area contributed by atoms with Crippen LogP contribution in [0.25, 0.3) is 27.1 Å². The third-order valence-corrected chi connectivity index (χ3v) is 5.02. The normalized spacial score (nSPS) is 12.5. The number of carbonyl (C=O) groups excluding carboxylic acids is 1. The summed E-state index contributed by atoms with van der Waals surface area (Å²) in [6.07, 6.45) is 3.86. The zero-order valence-electron chi connectivity index (χ0n) is 16.1. The minimum Gasteiger partial charge on any atom is -0.493 e. The molecule has 0 spiro atoms. The van der Waals surface area contributed by atoms with E-state index >= 15 is 0 Å². The Morgan fingerprint density at radius 1 is 0.966 bits per heavy atom. The molecule has 29 heavy (non-hydrogen) atoms. The summed E-state index contributed by atoms with van der Waals surface area (Å²) in [5, 5.41) is 3.64. The Morgan fingerprint density at radius 3 is 2.48 bits per heavy atom. The quantitative estimate of drug-likeness (QED) is 0.175. The van der Waals surface area contributed by atoms with Crippen molar-refractivity contribution < 1.29 is 32.9 Å². The average Bonchev–Trinajstić information content (AvgIpc) is 3.17. The lowest BCUT2D eigenvalue weighted by Gasteiger charge is -2.14. The second-order valence-corrected chi connectivity index (χ2v) is 6.71. The molecule has 0 bridgehead atoms. The van der Waals surface area contributed by atoms with Gasteiger partial charge < -0.3 is 23.7 Å². The van der Waals surface area contributed by atoms with E-state index in [1.54, 1.807) is 7.11 Å². The van der Waals surface area contributed by atoms with E-state index in [4.69, 9.17) is 23.7 Å². The van der Waals surface area contributed by atoms with Crippen LogP contribution >= 0.6 is 0 Å². The number of nitrogens with zero attached hydrogens (tertiary/aromatic N) is 1. The van der Waals surface area contributed by atoms with Crippen molar-refractivity contribution in [2.45, 2.75) is 6.92 Å². The Bertz CT molecular complexity index is 1310. The molecule has 0 saturated heterocycles. The number of benzene rings is 2. The lowest BCUT2D eigenvalue weighted by Crippen LogP contribution is -2.21. The Morgan fingerprint density at radius 2 is 1.76 bits per heavy atom. The maximum atomic E-state index is 11.7. The molecule has 2 aromatic carbocycles. The van der Waals surface area contributed by atoms with E-state index in [1.165, 1.54) is 14.0 Å². The Hall–Kier alpha value is -3.74. The molecule has 0 radical (unpaired) electrons. The molecule has 0 atom stereocenters. The lowest BCUT2D eigenvalue weighted by atomic mass is 10.1. The maximum Gasteiger partial charge on any atom is 0.308 e. The fraction of sp³-hybridized carbons (Fsp3) is 0.182. The number of esters is 1. The van der Waals surface area contributed by atoms with E-state index in [2.05, 4.69) is 0 Å². The Balaban J connectivity index is 1.87. The van der Waals surface area contributed by atoms with Crippen LogP contribution in [0.3, 0.4) is 0 Å². The zero-order chi connectivity index (χ0) is 20.1. The number of hydrogen-bond acceptors (Lipinski definition) is 6. The van der Waals surface area contributed by atoms with E-state index < -0.39 is 5.97 Å². The monoisotopic (exact) mass is 392 g/mol. The van der Waals surface area contributed by atoms with Gasteiger partial charge in [0.25, 0.3) is 0 Å². The molecule has 4 aromatic rings. The van der Waals surface area contributed by atoms with Gasteiger partial charge in [-0.15, -0.1) is 0 Å². The number of fused-ring (bicyclic) bond motifs is 5. The molecule has 5 rings (SSSR count). The van der Waals surface area contributed by atoms with Crippen LogP contribution < -0.4 is 28.1 Å². The number of rotatable bonds is 3. The van der Waals surface area contributed by atoms with Crippen molar-refractivity contribution in [2.75, 3.05) is 21.0 Å². The van der Waals surface area contributed by atoms with Gasteiger partial charge in [-0.3, -0.25) is 4.79 Å². The van der Waals surface area contributed by atoms with Crippen LogP contribution in [0, 0.1) is 0 Å². The topological polar surface area (TPSA) is 67.3 Å². The predicted octanol–water partition coefficient (Wildman–Crippen LogP) is 3.40. The molecule has 7 nitrogen and oxygen atoms in total. The number of carbonyl (C=O) groups is 1. The molecule has 0 aliphatic carbocycles. The predicted molar refractivity (Wildman–Crippen MR) is 105 cm³/mol. The first kappa shape index (κ1) is 17.4. The third-order valence-electron chi connectivity index (χ3n) is 5.02. The molecule has 1 aliphatic heterocycles. The summed E-state index contributed by atoms with van der Waals surface area (Å²) in [7, 11) is 3.06. The van der Waals surface area contributed by atoms with Gasteiger partial charge in [-0.25, -0.2) is 0 Å². The summed E-state index contributed by atoms with van der Waals surface area (Å²) >= 11 is 0. The molecular weight excluding hydrogens is 374 g/mol. The molecule has 2 aromatic heterocycles. The maximum absolute atomic E-state index is 11.7. The lowest BCUT2D eigenvalue weighted by molar-refractivity contribution is -0.509. The van der Waals surface area contributed by atoms with E-state index in [1.807, 2.05) is 47.1 Å². The Kier molecular flexibility index (Phi) is 3.84. The highest BCUT2D eigenvalue weighted by atomic mass is 16.7. The number of methoxy groups -OCH3 is 2. The second-order valence-electron chi connectivity index (χ2n) is 6.71. The highest BCUT2D eigenvalue weighted by Crippen LogP contribution is 2.44. The minimum atomic E-state index is -0.436. The highest BCUT2D eigenvalue weighted by Gasteiger charge is 2.23. The van der Waals surface area contributed by atoms with Crippen molar-refractivity contribution in [1.82, 2.24) is 0 Å². The van der Waals surface area contributed by atoms with Crippen molar-refractivity contribution in [2.24, 2.45) is 0 Å². The molecule has 1 aliphatic rings. The first-order valence-corrected chi connectivity index (χ1v) is 9.03. The van der Waals surface area contributed by atoms with Crippen LogP contribution in [0.1, 0.15) is 6.92 Å². The number of pyridine rings is 2. The van der Waals surface area contributed by atoms with Crippen molar-refractivity contribution in [1.29, 1.82) is 0 Å². The molecule has 0 saturated carbocycles. The number of ether oxygens (including phenoxy) is 5. The van der Waals surface area contributed by atoms with Gasteiger partial charge >= 0.3 is 5.97 Å². The SMILES string of the molecule is COc1cc2cc3c4cc5c(cc4cc[n+]3cc2c(OC(C)=O)c1OC)OCO5. The summed E-state index contributed by atoms with van der Waals surface area (Å²) in [6.45, 7) is 1.58. The van der Waals surface area contributed by atoms with Crippen LogP contribution in [0.5, 0.6) is 28.7 Å². The van der Waals surface area contributed by atoms with Gasteiger partial charge in [0.15, 0.2) is 35.4 Å². The molecule has 0 N–H and O–H groups in total. The van der Waals surface area contributed by atoms with Gasteiger partial charge in [0, 0.05) is 24.4 Å². The van der Waals surface area contributed by atoms with Gasteiger partial charge in [0.05, 0.1) is 25.0 Å². The third kappa shape index (κ3) is 2.66. The van der Waals surface area contributed by atoms with Crippen LogP contribution in [0.15, 0.2) is 42.7 Å². The van der Waals surface area contributed by atoms with Crippen molar-refractivity contribution in [3.63, 3.8) is 0 Å². The highest BCUT2D eigenvalue weighted by molar-refractivity contribution is 6.01. The van der Waals surface area contributed by atoms with Gasteiger partial charge in [-0.1, -0.05) is 0 Å². The van der Waals surface area contributed by atoms with Crippen molar-refractivity contribution >= 4 is 33.0 Å². The molecule has 0 fully saturated rings. The van der Waals surface area contributed by atoms with Crippen molar-refractivity contribution in [3.8, 4) is 28.7 Å². The van der Waals surface area contributed by atoms with Gasteiger partial charge in [0.1, 0.15) is 0 Å². The van der Waals surface area contributed by atoms with E-state index in [-0.39, 0.29) is 6.79 Å². The summed E-state index contributed by atoms with van der Waals surface area (Å²) in [5.41, 5.74) is 0.967. The summed E-state index contributed by atoms with van der Waals surface area (Å²) in [5.74, 6) is 2.21. The number of hydrogen-bond donors (Lipinski definition) is 0. The Labute approximate surface area is 165 Å². The second kappa shape index (κ2) is 6.41. The van der Waals surface area contributed by atoms with Crippen LogP contribution in [0.4, 0.5) is 0 Å². The van der Waals surface area contributed by atoms with Crippen LogP contribution in [-0.2, 0) is 4.79 Å².